The van der Waals surface area contributed by atoms with Crippen molar-refractivity contribution in [2.75, 3.05) is 5.32 Å². The highest BCUT2D eigenvalue weighted by Crippen LogP contribution is 2.04. The Labute approximate surface area is 87.8 Å². The smallest absolute Gasteiger partial charge is 0.256 e. The van der Waals surface area contributed by atoms with Crippen LogP contribution in [0.15, 0.2) is 48.7 Å². The highest BCUT2D eigenvalue weighted by atomic mass is 16.1. The average Bonchev–Trinajstić information content (AvgIpc) is 2.31. The van der Waals surface area contributed by atoms with Crippen molar-refractivity contribution in [2.45, 2.75) is 0 Å². The fourth-order valence-electron chi connectivity index (χ4n) is 1.16. The summed E-state index contributed by atoms with van der Waals surface area (Å²) in [4.78, 5) is 15.6. The van der Waals surface area contributed by atoms with Gasteiger partial charge in [-0.3, -0.25) is 4.79 Å². The van der Waals surface area contributed by atoms with Gasteiger partial charge in [-0.05, 0) is 30.3 Å². The zero-order valence-electron chi connectivity index (χ0n) is 7.97. The van der Waals surface area contributed by atoms with Gasteiger partial charge in [0.2, 0.25) is 0 Å². The third-order valence-electron chi connectivity index (χ3n) is 1.88. The van der Waals surface area contributed by atoms with E-state index in [1.807, 2.05) is 6.07 Å². The molecule has 0 atom stereocenters. The molecular formula is C12H9N2O. The third-order valence-corrected chi connectivity index (χ3v) is 1.88. The molecule has 3 nitrogen and oxygen atoms in total. The van der Waals surface area contributed by atoms with Gasteiger partial charge < -0.3 is 5.32 Å². The number of aromatic nitrogens is 1. The highest BCUT2D eigenvalue weighted by Gasteiger charge is 2.04. The molecule has 2 aromatic rings. The number of carbonyl (C=O) groups excluding carboxylic acids is 1. The summed E-state index contributed by atoms with van der Waals surface area (Å²) in [5, 5.41) is 2.69. The predicted molar refractivity (Wildman–Crippen MR) is 57.5 cm³/mol. The number of rotatable bonds is 2. The van der Waals surface area contributed by atoms with Crippen LogP contribution in [-0.2, 0) is 0 Å². The zero-order valence-corrected chi connectivity index (χ0v) is 7.97. The van der Waals surface area contributed by atoms with Crippen LogP contribution in [0.3, 0.4) is 0 Å². The lowest BCUT2D eigenvalue weighted by Gasteiger charge is -2.02. The Hall–Kier alpha value is -2.16. The van der Waals surface area contributed by atoms with Crippen molar-refractivity contribution in [3.05, 3.63) is 60.3 Å². The first-order valence-corrected chi connectivity index (χ1v) is 4.55. The predicted octanol–water partition coefficient (Wildman–Crippen LogP) is 2.13. The summed E-state index contributed by atoms with van der Waals surface area (Å²) in [6.07, 6.45) is 1.63. The molecule has 0 fully saturated rings. The van der Waals surface area contributed by atoms with Gasteiger partial charge in [0, 0.05) is 11.8 Å². The van der Waals surface area contributed by atoms with E-state index in [1.54, 1.807) is 42.6 Å². The monoisotopic (exact) mass is 197 g/mol. The molecule has 0 saturated carbocycles. The number of nitrogens with one attached hydrogen (secondary N) is 1. The van der Waals surface area contributed by atoms with E-state index < -0.39 is 0 Å². The minimum atomic E-state index is -0.175. The maximum absolute atomic E-state index is 11.6. The minimum absolute atomic E-state index is 0.175. The molecule has 3 heteroatoms. The van der Waals surface area contributed by atoms with Crippen LogP contribution in [0.5, 0.6) is 0 Å². The fraction of sp³-hybridized carbons (Fsp3) is 0. The maximum atomic E-state index is 11.6. The van der Waals surface area contributed by atoms with E-state index in [9.17, 15) is 4.79 Å². The molecule has 1 amide bonds. The number of nitrogens with zero attached hydrogens (tertiary/aromatic N) is 1. The third kappa shape index (κ3) is 2.40. The summed E-state index contributed by atoms with van der Waals surface area (Å²) in [7, 11) is 0. The van der Waals surface area contributed by atoms with Crippen LogP contribution in [0.1, 0.15) is 10.4 Å². The lowest BCUT2D eigenvalue weighted by molar-refractivity contribution is 0.102. The van der Waals surface area contributed by atoms with Crippen LogP contribution in [0.25, 0.3) is 0 Å². The van der Waals surface area contributed by atoms with Gasteiger partial charge in [0.1, 0.15) is 5.82 Å². The van der Waals surface area contributed by atoms with E-state index in [4.69, 9.17) is 0 Å². The molecule has 73 valence electrons. The Bertz CT molecular complexity index is 440. The van der Waals surface area contributed by atoms with Gasteiger partial charge in [0.25, 0.3) is 5.91 Å². The van der Waals surface area contributed by atoms with Gasteiger partial charge in [-0.1, -0.05) is 18.2 Å². The van der Waals surface area contributed by atoms with Crippen molar-refractivity contribution in [3.63, 3.8) is 0 Å². The van der Waals surface area contributed by atoms with Gasteiger partial charge >= 0.3 is 0 Å². The van der Waals surface area contributed by atoms with E-state index in [0.717, 1.165) is 0 Å². The molecule has 0 aliphatic carbocycles. The minimum Gasteiger partial charge on any atom is -0.307 e. The Morgan fingerprint density at radius 1 is 1.27 bits per heavy atom. The standard InChI is InChI=1S/C12H9N2O/c15-12(10-6-2-1-3-7-10)14-11-8-4-5-9-13-11/h1-2,4-9H,(H,13,14,15). The summed E-state index contributed by atoms with van der Waals surface area (Å²) in [5.41, 5.74) is 0.572. The molecule has 1 radical (unpaired) electrons. The normalized spacial score (nSPS) is 9.60. The first kappa shape index (κ1) is 9.40. The van der Waals surface area contributed by atoms with Crippen molar-refractivity contribution >= 4 is 11.7 Å². The second-order valence-electron chi connectivity index (χ2n) is 2.96. The Kier molecular flexibility index (Phi) is 2.74. The lowest BCUT2D eigenvalue weighted by Crippen LogP contribution is -2.12. The molecule has 2 rings (SSSR count). The van der Waals surface area contributed by atoms with Crippen LogP contribution in [0.2, 0.25) is 0 Å². The summed E-state index contributed by atoms with van der Waals surface area (Å²) in [6, 6.07) is 15.1. The zero-order chi connectivity index (χ0) is 10.5. The quantitative estimate of drug-likeness (QED) is 0.801. The number of hydrogen-bond donors (Lipinski definition) is 1. The maximum Gasteiger partial charge on any atom is 0.256 e. The number of carbonyl (C=O) groups is 1. The molecule has 0 saturated heterocycles. The summed E-state index contributed by atoms with van der Waals surface area (Å²) >= 11 is 0. The lowest BCUT2D eigenvalue weighted by atomic mass is 10.2. The van der Waals surface area contributed by atoms with E-state index in [-0.39, 0.29) is 5.91 Å². The first-order valence-electron chi connectivity index (χ1n) is 4.55. The van der Waals surface area contributed by atoms with Gasteiger partial charge in [-0.2, -0.15) is 0 Å². The second-order valence-corrected chi connectivity index (χ2v) is 2.96. The van der Waals surface area contributed by atoms with Crippen LogP contribution >= 0.6 is 0 Å². The number of benzene rings is 1. The van der Waals surface area contributed by atoms with Gasteiger partial charge in [0.15, 0.2) is 0 Å². The van der Waals surface area contributed by atoms with Gasteiger partial charge in [-0.15, -0.1) is 0 Å². The van der Waals surface area contributed by atoms with Crippen molar-refractivity contribution in [2.24, 2.45) is 0 Å². The Morgan fingerprint density at radius 3 is 2.87 bits per heavy atom. The molecule has 0 unspecified atom stereocenters. The number of amides is 1. The molecule has 1 aromatic carbocycles. The van der Waals surface area contributed by atoms with Crippen molar-refractivity contribution < 1.29 is 4.79 Å². The van der Waals surface area contributed by atoms with E-state index in [2.05, 4.69) is 16.4 Å². The van der Waals surface area contributed by atoms with Crippen LogP contribution in [-0.4, -0.2) is 10.9 Å². The fourth-order valence-corrected chi connectivity index (χ4v) is 1.16. The van der Waals surface area contributed by atoms with Crippen molar-refractivity contribution in [3.8, 4) is 0 Å². The number of hydrogen-bond acceptors (Lipinski definition) is 2. The summed E-state index contributed by atoms with van der Waals surface area (Å²) in [6.45, 7) is 0. The number of anilines is 1. The molecular weight excluding hydrogens is 188 g/mol. The van der Waals surface area contributed by atoms with E-state index in [0.29, 0.717) is 11.4 Å². The SMILES string of the molecule is O=C(Nc1ccccn1)c1c[c]ccc1. The molecule has 0 spiro atoms. The second kappa shape index (κ2) is 4.37. The van der Waals surface area contributed by atoms with E-state index >= 15 is 0 Å². The molecule has 0 aliphatic rings. The topological polar surface area (TPSA) is 42.0 Å². The van der Waals surface area contributed by atoms with Crippen molar-refractivity contribution in [1.29, 1.82) is 0 Å². The van der Waals surface area contributed by atoms with Crippen LogP contribution < -0.4 is 5.32 Å². The molecule has 15 heavy (non-hydrogen) atoms. The molecule has 0 aliphatic heterocycles. The molecule has 1 N–H and O–H groups in total. The Balaban J connectivity index is 2.12. The van der Waals surface area contributed by atoms with Crippen LogP contribution in [0.4, 0.5) is 5.82 Å². The highest BCUT2D eigenvalue weighted by molar-refractivity contribution is 6.03. The van der Waals surface area contributed by atoms with Gasteiger partial charge in [-0.25, -0.2) is 4.98 Å². The molecule has 0 bridgehead atoms. The molecule has 1 heterocycles. The summed E-state index contributed by atoms with van der Waals surface area (Å²) < 4.78 is 0. The average molecular weight is 197 g/mol. The van der Waals surface area contributed by atoms with Crippen LogP contribution in [0, 0.1) is 6.07 Å². The Morgan fingerprint density at radius 2 is 2.20 bits per heavy atom. The number of pyridine rings is 1. The first-order chi connectivity index (χ1) is 7.36. The van der Waals surface area contributed by atoms with Gasteiger partial charge in [0.05, 0.1) is 0 Å². The summed E-state index contributed by atoms with van der Waals surface area (Å²) in [5.74, 6) is 0.372. The van der Waals surface area contributed by atoms with Crippen molar-refractivity contribution in [1.82, 2.24) is 4.98 Å². The van der Waals surface area contributed by atoms with E-state index in [1.165, 1.54) is 0 Å². The molecule has 1 aromatic heterocycles. The largest absolute Gasteiger partial charge is 0.307 e.